The molecule has 4 aromatic rings. The number of piperidine rings is 1. The number of nitrogens with two attached hydrogens (primary N) is 1. The fourth-order valence-corrected chi connectivity index (χ4v) is 4.32. The molecule has 10 nitrogen and oxygen atoms in total. The van der Waals surface area contributed by atoms with Gasteiger partial charge < -0.3 is 10.6 Å². The molecule has 0 spiro atoms. The van der Waals surface area contributed by atoms with E-state index < -0.39 is 5.82 Å². The van der Waals surface area contributed by atoms with Crippen LogP contribution in [0, 0.1) is 5.82 Å². The van der Waals surface area contributed by atoms with Gasteiger partial charge in [0.25, 0.3) is 0 Å². The van der Waals surface area contributed by atoms with Crippen LogP contribution >= 0.6 is 11.6 Å². The molecule has 0 radical (unpaired) electrons. The van der Waals surface area contributed by atoms with Crippen LogP contribution in [0.15, 0.2) is 42.9 Å². The van der Waals surface area contributed by atoms with Crippen molar-refractivity contribution < 1.29 is 9.18 Å². The first-order chi connectivity index (χ1) is 16.4. The van der Waals surface area contributed by atoms with Crippen LogP contribution in [-0.2, 0) is 4.79 Å². The Morgan fingerprint density at radius 3 is 2.76 bits per heavy atom. The lowest BCUT2D eigenvalue weighted by atomic mass is 10.0. The number of halogens is 2. The first-order valence-electron chi connectivity index (χ1n) is 10.7. The van der Waals surface area contributed by atoms with Gasteiger partial charge in [-0.15, -0.1) is 5.10 Å². The Balaban J connectivity index is 1.45. The monoisotopic (exact) mass is 481 g/mol. The van der Waals surface area contributed by atoms with Gasteiger partial charge in [-0.1, -0.05) is 17.7 Å². The number of carbonyl (C=O) groups excluding carboxylic acids is 1. The molecular formula is C22H21ClFN9O. The van der Waals surface area contributed by atoms with Gasteiger partial charge in [-0.25, -0.2) is 9.37 Å². The van der Waals surface area contributed by atoms with E-state index in [9.17, 15) is 9.18 Å². The number of anilines is 1. The zero-order chi connectivity index (χ0) is 23.8. The van der Waals surface area contributed by atoms with Crippen LogP contribution in [0.4, 0.5) is 10.2 Å². The fourth-order valence-electron chi connectivity index (χ4n) is 4.12. The number of pyridine rings is 1. The largest absolute Gasteiger partial charge is 0.383 e. The van der Waals surface area contributed by atoms with E-state index in [1.165, 1.54) is 16.8 Å². The summed E-state index contributed by atoms with van der Waals surface area (Å²) in [6.45, 7) is 3.03. The van der Waals surface area contributed by atoms with Crippen molar-refractivity contribution in [1.82, 2.24) is 39.9 Å². The van der Waals surface area contributed by atoms with Crippen molar-refractivity contribution in [3.8, 4) is 28.2 Å². The van der Waals surface area contributed by atoms with Crippen LogP contribution < -0.4 is 5.73 Å². The van der Waals surface area contributed by atoms with Crippen molar-refractivity contribution >= 4 is 23.3 Å². The molecule has 3 aromatic heterocycles. The van der Waals surface area contributed by atoms with Crippen molar-refractivity contribution in [2.75, 3.05) is 18.8 Å². The molecule has 0 atom stereocenters. The van der Waals surface area contributed by atoms with E-state index in [4.69, 9.17) is 17.3 Å². The Bertz CT molecular complexity index is 1360. The highest BCUT2D eigenvalue weighted by Crippen LogP contribution is 2.32. The van der Waals surface area contributed by atoms with E-state index in [1.807, 2.05) is 21.8 Å². The SMILES string of the molecule is CC(=O)N1CCC(n2cc(-c3cnc(N)c(-c4nnnn4-c4cccc(F)c4Cl)c3)cn2)CC1. The van der Waals surface area contributed by atoms with E-state index in [-0.39, 0.29) is 34.3 Å². The van der Waals surface area contributed by atoms with Crippen LogP contribution in [0.2, 0.25) is 5.02 Å². The molecule has 1 aliphatic heterocycles. The van der Waals surface area contributed by atoms with Gasteiger partial charge in [0.2, 0.25) is 5.91 Å². The minimum atomic E-state index is -0.581. The first-order valence-corrected chi connectivity index (χ1v) is 11.1. The minimum Gasteiger partial charge on any atom is -0.383 e. The van der Waals surface area contributed by atoms with Crippen molar-refractivity contribution in [1.29, 1.82) is 0 Å². The zero-order valence-electron chi connectivity index (χ0n) is 18.3. The summed E-state index contributed by atoms with van der Waals surface area (Å²) in [6.07, 6.45) is 7.06. The van der Waals surface area contributed by atoms with Gasteiger partial charge >= 0.3 is 0 Å². The van der Waals surface area contributed by atoms with Gasteiger partial charge in [-0.3, -0.25) is 9.48 Å². The molecule has 1 aliphatic rings. The molecule has 34 heavy (non-hydrogen) atoms. The molecule has 0 unspecified atom stereocenters. The lowest BCUT2D eigenvalue weighted by Gasteiger charge is -2.31. The summed E-state index contributed by atoms with van der Waals surface area (Å²) in [5.41, 5.74) is 8.55. The standard InChI is InChI=1S/C22H21ClFN9O/c1-13(34)31-7-5-16(6-8-31)32-12-15(11-27-32)14-9-17(21(25)26-10-14)22-28-29-30-33(22)19-4-2-3-18(24)20(19)23/h2-4,9-12,16H,5-8H2,1H3,(H2,25,26). The number of likely N-dealkylation sites (tertiary alicyclic amines) is 1. The number of rotatable bonds is 4. The van der Waals surface area contributed by atoms with E-state index in [1.54, 1.807) is 25.4 Å². The summed E-state index contributed by atoms with van der Waals surface area (Å²) in [7, 11) is 0. The van der Waals surface area contributed by atoms with Crippen LogP contribution in [0.1, 0.15) is 25.8 Å². The highest BCUT2D eigenvalue weighted by molar-refractivity contribution is 6.32. The first kappa shape index (κ1) is 22.0. The number of tetrazole rings is 1. The fraction of sp³-hybridized carbons (Fsp3) is 0.273. The third kappa shape index (κ3) is 3.98. The number of benzene rings is 1. The molecule has 1 amide bonds. The minimum absolute atomic E-state index is 0.0990. The van der Waals surface area contributed by atoms with Crippen molar-refractivity contribution in [2.24, 2.45) is 0 Å². The number of carbonyl (C=O) groups is 1. The molecule has 0 bridgehead atoms. The van der Waals surface area contributed by atoms with Gasteiger partial charge in [-0.2, -0.15) is 9.78 Å². The molecule has 0 aliphatic carbocycles. The average Bonchev–Trinajstić information content (AvgIpc) is 3.52. The van der Waals surface area contributed by atoms with Gasteiger partial charge in [-0.05, 0) is 41.5 Å². The van der Waals surface area contributed by atoms with E-state index in [0.717, 1.165) is 24.0 Å². The second-order valence-electron chi connectivity index (χ2n) is 8.09. The normalized spacial score (nSPS) is 14.5. The Hall–Kier alpha value is -3.86. The molecule has 174 valence electrons. The number of nitrogens with zero attached hydrogens (tertiary/aromatic N) is 8. The Kier molecular flexibility index (Phi) is 5.70. The van der Waals surface area contributed by atoms with Crippen LogP contribution in [0.25, 0.3) is 28.2 Å². The van der Waals surface area contributed by atoms with Crippen LogP contribution in [-0.4, -0.2) is 58.9 Å². The summed E-state index contributed by atoms with van der Waals surface area (Å²) in [5, 5.41) is 16.2. The number of aromatic nitrogens is 7. The van der Waals surface area contributed by atoms with Gasteiger partial charge in [0.15, 0.2) is 5.82 Å². The Morgan fingerprint density at radius 1 is 1.21 bits per heavy atom. The molecule has 1 saturated heterocycles. The Morgan fingerprint density at radius 2 is 2.00 bits per heavy atom. The van der Waals surface area contributed by atoms with Crippen molar-refractivity contribution in [3.05, 3.63) is 53.7 Å². The molecule has 12 heteroatoms. The van der Waals surface area contributed by atoms with Crippen LogP contribution in [0.5, 0.6) is 0 Å². The summed E-state index contributed by atoms with van der Waals surface area (Å²) in [6, 6.07) is 6.43. The average molecular weight is 482 g/mol. The maximum Gasteiger partial charge on any atom is 0.219 e. The summed E-state index contributed by atoms with van der Waals surface area (Å²) >= 11 is 6.14. The van der Waals surface area contributed by atoms with Crippen molar-refractivity contribution in [3.63, 3.8) is 0 Å². The van der Waals surface area contributed by atoms with Crippen molar-refractivity contribution in [2.45, 2.75) is 25.8 Å². The number of nitrogen functional groups attached to an aromatic ring is 1. The zero-order valence-corrected chi connectivity index (χ0v) is 19.0. The van der Waals surface area contributed by atoms with Gasteiger partial charge in [0.1, 0.15) is 16.7 Å². The maximum absolute atomic E-state index is 14.0. The van der Waals surface area contributed by atoms with Gasteiger partial charge in [0, 0.05) is 43.5 Å². The maximum atomic E-state index is 14.0. The van der Waals surface area contributed by atoms with E-state index in [0.29, 0.717) is 18.7 Å². The molecule has 4 heterocycles. The number of hydrogen-bond acceptors (Lipinski definition) is 7. The lowest BCUT2D eigenvalue weighted by molar-refractivity contribution is -0.130. The molecule has 1 aromatic carbocycles. The molecule has 0 saturated carbocycles. The summed E-state index contributed by atoms with van der Waals surface area (Å²) in [5.74, 6) is 0.0173. The number of amides is 1. The highest BCUT2D eigenvalue weighted by Gasteiger charge is 2.23. The van der Waals surface area contributed by atoms with Crippen LogP contribution in [0.3, 0.4) is 0 Å². The lowest BCUT2D eigenvalue weighted by Crippen LogP contribution is -2.37. The molecule has 1 fully saturated rings. The smallest absolute Gasteiger partial charge is 0.219 e. The van der Waals surface area contributed by atoms with E-state index >= 15 is 0 Å². The molecule has 5 rings (SSSR count). The second-order valence-corrected chi connectivity index (χ2v) is 8.47. The quantitative estimate of drug-likeness (QED) is 0.475. The Labute approximate surface area is 199 Å². The second kappa shape index (κ2) is 8.82. The third-order valence-corrected chi connectivity index (χ3v) is 6.38. The predicted octanol–water partition coefficient (Wildman–Crippen LogP) is 3.15. The van der Waals surface area contributed by atoms with E-state index in [2.05, 4.69) is 25.6 Å². The highest BCUT2D eigenvalue weighted by atomic mass is 35.5. The van der Waals surface area contributed by atoms with Gasteiger partial charge in [0.05, 0.1) is 23.5 Å². The summed E-state index contributed by atoms with van der Waals surface area (Å²) in [4.78, 5) is 17.8. The molecule has 2 N–H and O–H groups in total. The number of hydrogen-bond donors (Lipinski definition) is 1. The predicted molar refractivity (Wildman–Crippen MR) is 124 cm³/mol. The third-order valence-electron chi connectivity index (χ3n) is 6.01. The summed E-state index contributed by atoms with van der Waals surface area (Å²) < 4.78 is 17.3. The molecular weight excluding hydrogens is 461 g/mol. The topological polar surface area (TPSA) is 121 Å².